The Balaban J connectivity index is 2.47. The van der Waals surface area contributed by atoms with E-state index in [-0.39, 0.29) is 13.2 Å². The zero-order valence-corrected chi connectivity index (χ0v) is 10.7. The van der Waals surface area contributed by atoms with Crippen molar-refractivity contribution in [1.82, 2.24) is 9.97 Å². The molecule has 106 valence electrons. The fourth-order valence-electron chi connectivity index (χ4n) is 1.28. The van der Waals surface area contributed by atoms with Gasteiger partial charge in [0.15, 0.2) is 5.82 Å². The van der Waals surface area contributed by atoms with Gasteiger partial charge in [-0.15, -0.1) is 0 Å². The molecular weight excluding hydrogens is 252 g/mol. The van der Waals surface area contributed by atoms with Crippen molar-refractivity contribution in [2.24, 2.45) is 11.6 Å². The minimum atomic E-state index is -0.501. The van der Waals surface area contributed by atoms with Gasteiger partial charge >= 0.3 is 0 Å². The molecule has 0 aliphatic rings. The van der Waals surface area contributed by atoms with Crippen molar-refractivity contribution in [3.05, 3.63) is 11.9 Å². The van der Waals surface area contributed by atoms with Crippen molar-refractivity contribution in [2.75, 3.05) is 37.6 Å². The average molecular weight is 270 g/mol. The van der Waals surface area contributed by atoms with E-state index in [1.54, 1.807) is 13.2 Å². The Morgan fingerprint density at radius 2 is 2.16 bits per heavy atom. The first-order valence-electron chi connectivity index (χ1n) is 5.59. The second kappa shape index (κ2) is 8.19. The molecule has 1 rings (SSSR count). The smallest absolute Gasteiger partial charge is 0.243 e. The number of carbonyl (C=O) groups is 1. The van der Waals surface area contributed by atoms with Crippen LogP contribution in [-0.2, 0) is 20.9 Å². The molecule has 9 nitrogen and oxygen atoms in total. The molecule has 0 aliphatic carbocycles. The van der Waals surface area contributed by atoms with Crippen LogP contribution in [0.3, 0.4) is 0 Å². The monoisotopic (exact) mass is 270 g/mol. The lowest BCUT2D eigenvalue weighted by Gasteiger charge is -2.09. The van der Waals surface area contributed by atoms with Gasteiger partial charge in [0.1, 0.15) is 24.8 Å². The number of rotatable bonds is 9. The van der Waals surface area contributed by atoms with Crippen molar-refractivity contribution in [3.8, 4) is 0 Å². The Hall–Kier alpha value is -1.97. The number of anilines is 2. The summed E-state index contributed by atoms with van der Waals surface area (Å²) in [5.41, 5.74) is 7.38. The molecule has 9 heteroatoms. The molecule has 0 radical (unpaired) electrons. The predicted octanol–water partition coefficient (Wildman–Crippen LogP) is -1.18. The molecule has 1 heterocycles. The van der Waals surface area contributed by atoms with E-state index in [0.717, 1.165) is 0 Å². The van der Waals surface area contributed by atoms with Gasteiger partial charge in [-0.2, -0.15) is 0 Å². The van der Waals surface area contributed by atoms with Crippen LogP contribution in [0.2, 0.25) is 0 Å². The van der Waals surface area contributed by atoms with Gasteiger partial charge in [-0.05, 0) is 0 Å². The van der Waals surface area contributed by atoms with Crippen LogP contribution in [0.1, 0.15) is 5.82 Å². The first kappa shape index (κ1) is 15.1. The Morgan fingerprint density at radius 1 is 1.42 bits per heavy atom. The standard InChI is InChI=1S/C10H18N6O3/c1-18-6-10-14-8(4-9(15-10)16-12)13-2-3-19-5-7(11)17/h4H,2-3,5-6,12H2,1H3,(H2,11,17)(H2,13,14,15,16). The summed E-state index contributed by atoms with van der Waals surface area (Å²) in [5, 5.41) is 3.01. The molecule has 6 N–H and O–H groups in total. The summed E-state index contributed by atoms with van der Waals surface area (Å²) in [6.07, 6.45) is 0. The second-order valence-electron chi connectivity index (χ2n) is 3.58. The molecule has 0 spiro atoms. The number of hydrogen-bond donors (Lipinski definition) is 4. The van der Waals surface area contributed by atoms with Crippen LogP contribution in [0.5, 0.6) is 0 Å². The number of nitrogen functional groups attached to an aromatic ring is 1. The maximum Gasteiger partial charge on any atom is 0.243 e. The second-order valence-corrected chi connectivity index (χ2v) is 3.58. The topological polar surface area (TPSA) is 137 Å². The lowest BCUT2D eigenvalue weighted by Crippen LogP contribution is -2.21. The van der Waals surface area contributed by atoms with Crippen molar-refractivity contribution < 1.29 is 14.3 Å². The predicted molar refractivity (Wildman–Crippen MR) is 69.1 cm³/mol. The molecule has 1 aromatic heterocycles. The van der Waals surface area contributed by atoms with Crippen molar-refractivity contribution in [2.45, 2.75) is 6.61 Å². The number of methoxy groups -OCH3 is 1. The number of primary amides is 1. The van der Waals surface area contributed by atoms with Gasteiger partial charge < -0.3 is 25.9 Å². The third-order valence-electron chi connectivity index (χ3n) is 1.99. The lowest BCUT2D eigenvalue weighted by atomic mass is 10.4. The summed E-state index contributed by atoms with van der Waals surface area (Å²) >= 11 is 0. The molecule has 0 fully saturated rings. The van der Waals surface area contributed by atoms with Gasteiger partial charge in [-0.1, -0.05) is 0 Å². The molecule has 0 bridgehead atoms. The summed E-state index contributed by atoms with van der Waals surface area (Å²) in [4.78, 5) is 18.8. The molecule has 19 heavy (non-hydrogen) atoms. The summed E-state index contributed by atoms with van der Waals surface area (Å²) in [7, 11) is 1.55. The summed E-state index contributed by atoms with van der Waals surface area (Å²) in [6.45, 7) is 0.983. The number of ether oxygens (including phenoxy) is 2. The van der Waals surface area contributed by atoms with E-state index in [2.05, 4.69) is 20.7 Å². The molecule has 0 atom stereocenters. The van der Waals surface area contributed by atoms with Crippen LogP contribution in [-0.4, -0.2) is 42.7 Å². The number of carbonyl (C=O) groups excluding carboxylic acids is 1. The highest BCUT2D eigenvalue weighted by Gasteiger charge is 2.03. The molecule has 0 aliphatic heterocycles. The largest absolute Gasteiger partial charge is 0.377 e. The Kier molecular flexibility index (Phi) is 6.50. The maximum absolute atomic E-state index is 10.5. The number of nitrogens with zero attached hydrogens (tertiary/aromatic N) is 2. The van der Waals surface area contributed by atoms with Gasteiger partial charge in [0.05, 0.1) is 6.61 Å². The van der Waals surface area contributed by atoms with E-state index in [1.165, 1.54) is 0 Å². The van der Waals surface area contributed by atoms with E-state index in [0.29, 0.717) is 30.6 Å². The summed E-state index contributed by atoms with van der Waals surface area (Å²) in [5.74, 6) is 6.36. The van der Waals surface area contributed by atoms with Crippen LogP contribution >= 0.6 is 0 Å². The van der Waals surface area contributed by atoms with E-state index in [1.807, 2.05) is 0 Å². The first-order chi connectivity index (χ1) is 9.15. The highest BCUT2D eigenvalue weighted by molar-refractivity contribution is 5.74. The number of hydrogen-bond acceptors (Lipinski definition) is 8. The highest BCUT2D eigenvalue weighted by Crippen LogP contribution is 2.10. The minimum absolute atomic E-state index is 0.101. The Morgan fingerprint density at radius 3 is 2.79 bits per heavy atom. The van der Waals surface area contributed by atoms with Crippen LogP contribution in [0.15, 0.2) is 6.07 Å². The van der Waals surface area contributed by atoms with Gasteiger partial charge in [0, 0.05) is 19.7 Å². The SMILES string of the molecule is COCc1nc(NN)cc(NCCOCC(N)=O)n1. The van der Waals surface area contributed by atoms with Gasteiger partial charge in [-0.25, -0.2) is 15.8 Å². The van der Waals surface area contributed by atoms with Gasteiger partial charge in [-0.3, -0.25) is 4.79 Å². The van der Waals surface area contributed by atoms with Crippen LogP contribution in [0, 0.1) is 0 Å². The molecule has 0 unspecified atom stereocenters. The molecular formula is C10H18N6O3. The fraction of sp³-hybridized carbons (Fsp3) is 0.500. The van der Waals surface area contributed by atoms with Gasteiger partial charge in [0.2, 0.25) is 5.91 Å². The average Bonchev–Trinajstić information content (AvgIpc) is 2.38. The normalized spacial score (nSPS) is 10.2. The third kappa shape index (κ3) is 5.95. The van der Waals surface area contributed by atoms with E-state index in [9.17, 15) is 4.79 Å². The number of nitrogens with two attached hydrogens (primary N) is 2. The number of nitrogens with one attached hydrogen (secondary N) is 2. The van der Waals surface area contributed by atoms with Crippen molar-refractivity contribution >= 4 is 17.5 Å². The van der Waals surface area contributed by atoms with E-state index in [4.69, 9.17) is 21.1 Å². The van der Waals surface area contributed by atoms with Crippen LogP contribution in [0.4, 0.5) is 11.6 Å². The lowest BCUT2D eigenvalue weighted by molar-refractivity contribution is -0.122. The maximum atomic E-state index is 10.5. The molecule has 0 aromatic carbocycles. The third-order valence-corrected chi connectivity index (χ3v) is 1.99. The first-order valence-corrected chi connectivity index (χ1v) is 5.59. The molecule has 0 saturated heterocycles. The summed E-state index contributed by atoms with van der Waals surface area (Å²) < 4.78 is 9.96. The molecule has 1 aromatic rings. The summed E-state index contributed by atoms with van der Waals surface area (Å²) in [6, 6.07) is 1.65. The van der Waals surface area contributed by atoms with Crippen molar-refractivity contribution in [3.63, 3.8) is 0 Å². The van der Waals surface area contributed by atoms with Crippen LogP contribution < -0.4 is 22.3 Å². The number of aromatic nitrogens is 2. The van der Waals surface area contributed by atoms with E-state index < -0.39 is 5.91 Å². The Labute approximate surface area is 110 Å². The molecule has 1 amide bonds. The zero-order valence-electron chi connectivity index (χ0n) is 10.7. The number of amides is 1. The minimum Gasteiger partial charge on any atom is -0.377 e. The van der Waals surface area contributed by atoms with Gasteiger partial charge in [0.25, 0.3) is 0 Å². The van der Waals surface area contributed by atoms with E-state index >= 15 is 0 Å². The van der Waals surface area contributed by atoms with Crippen LogP contribution in [0.25, 0.3) is 0 Å². The zero-order chi connectivity index (χ0) is 14.1. The fourth-order valence-corrected chi connectivity index (χ4v) is 1.28. The highest BCUT2D eigenvalue weighted by atomic mass is 16.5. The Bertz CT molecular complexity index is 414. The quantitative estimate of drug-likeness (QED) is 0.250. The van der Waals surface area contributed by atoms with Crippen molar-refractivity contribution in [1.29, 1.82) is 0 Å². The molecule has 0 saturated carbocycles. The number of hydrazine groups is 1.